The zero-order valence-corrected chi connectivity index (χ0v) is 13.1. The standard InChI is InChI=1S/C18H14N6O/c25-18(14-5-1-6-15(13-14)23-11-3-9-20-23)22-16-7-2-8-19-17(16)24-12-4-10-21-24/h1-13H,(H,22,25). The number of aromatic nitrogens is 5. The van der Waals surface area contributed by atoms with Gasteiger partial charge in [-0.1, -0.05) is 6.07 Å². The quantitative estimate of drug-likeness (QED) is 0.624. The number of hydrogen-bond donors (Lipinski definition) is 1. The first-order valence-corrected chi connectivity index (χ1v) is 7.68. The van der Waals surface area contributed by atoms with E-state index in [9.17, 15) is 4.79 Å². The maximum absolute atomic E-state index is 12.7. The van der Waals surface area contributed by atoms with Gasteiger partial charge in [0, 0.05) is 36.5 Å². The van der Waals surface area contributed by atoms with Crippen molar-refractivity contribution in [2.45, 2.75) is 0 Å². The molecule has 25 heavy (non-hydrogen) atoms. The molecule has 4 rings (SSSR count). The first-order chi connectivity index (χ1) is 12.3. The predicted molar refractivity (Wildman–Crippen MR) is 92.9 cm³/mol. The fraction of sp³-hybridized carbons (Fsp3) is 0. The summed E-state index contributed by atoms with van der Waals surface area (Å²) in [6.45, 7) is 0. The Labute approximate surface area is 143 Å². The first kappa shape index (κ1) is 14.8. The molecule has 0 atom stereocenters. The molecule has 3 heterocycles. The van der Waals surface area contributed by atoms with Crippen molar-refractivity contribution in [3.05, 3.63) is 85.1 Å². The van der Waals surface area contributed by atoms with E-state index >= 15 is 0 Å². The third kappa shape index (κ3) is 3.02. The Morgan fingerprint density at radius 1 is 0.880 bits per heavy atom. The topological polar surface area (TPSA) is 77.6 Å². The lowest BCUT2D eigenvalue weighted by Crippen LogP contribution is -2.15. The minimum Gasteiger partial charge on any atom is -0.319 e. The predicted octanol–water partition coefficient (Wildman–Crippen LogP) is 2.71. The van der Waals surface area contributed by atoms with Crippen molar-refractivity contribution in [1.29, 1.82) is 0 Å². The van der Waals surface area contributed by atoms with E-state index in [1.165, 1.54) is 0 Å². The second-order valence-corrected chi connectivity index (χ2v) is 5.28. The van der Waals surface area contributed by atoms with E-state index in [4.69, 9.17) is 0 Å². The average molecular weight is 330 g/mol. The van der Waals surface area contributed by atoms with Crippen LogP contribution < -0.4 is 5.32 Å². The maximum Gasteiger partial charge on any atom is 0.255 e. The molecule has 0 spiro atoms. The van der Waals surface area contributed by atoms with E-state index < -0.39 is 0 Å². The Bertz CT molecular complexity index is 992. The number of hydrogen-bond acceptors (Lipinski definition) is 4. The second-order valence-electron chi connectivity index (χ2n) is 5.28. The van der Waals surface area contributed by atoms with Gasteiger partial charge in [0.1, 0.15) is 0 Å². The van der Waals surface area contributed by atoms with Gasteiger partial charge < -0.3 is 5.32 Å². The van der Waals surface area contributed by atoms with Crippen molar-refractivity contribution in [1.82, 2.24) is 24.5 Å². The number of anilines is 1. The van der Waals surface area contributed by atoms with Gasteiger partial charge in [0.05, 0.1) is 11.4 Å². The number of carbonyl (C=O) groups is 1. The molecule has 0 unspecified atom stereocenters. The van der Waals surface area contributed by atoms with Gasteiger partial charge in [-0.2, -0.15) is 10.2 Å². The molecule has 0 fully saturated rings. The SMILES string of the molecule is O=C(Nc1cccnc1-n1cccn1)c1cccc(-n2cccn2)c1. The molecule has 122 valence electrons. The van der Waals surface area contributed by atoms with Gasteiger partial charge in [0.15, 0.2) is 5.82 Å². The number of pyridine rings is 1. The highest BCUT2D eigenvalue weighted by molar-refractivity contribution is 6.05. The monoisotopic (exact) mass is 330 g/mol. The average Bonchev–Trinajstić information content (AvgIpc) is 3.36. The summed E-state index contributed by atoms with van der Waals surface area (Å²) < 4.78 is 3.31. The molecular weight excluding hydrogens is 316 g/mol. The zero-order chi connectivity index (χ0) is 17.1. The van der Waals surface area contributed by atoms with Crippen LogP contribution in [0.25, 0.3) is 11.5 Å². The summed E-state index contributed by atoms with van der Waals surface area (Å²) in [5.74, 6) is 0.333. The van der Waals surface area contributed by atoms with E-state index in [1.807, 2.05) is 24.4 Å². The van der Waals surface area contributed by atoms with Crippen molar-refractivity contribution in [2.75, 3.05) is 5.32 Å². The molecule has 0 saturated carbocycles. The molecular formula is C18H14N6O. The molecule has 7 heteroatoms. The van der Waals surface area contributed by atoms with Crippen LogP contribution in [0.3, 0.4) is 0 Å². The lowest BCUT2D eigenvalue weighted by atomic mass is 10.2. The van der Waals surface area contributed by atoms with Gasteiger partial charge in [0.2, 0.25) is 0 Å². The highest BCUT2D eigenvalue weighted by Crippen LogP contribution is 2.18. The summed E-state index contributed by atoms with van der Waals surface area (Å²) >= 11 is 0. The van der Waals surface area contributed by atoms with E-state index in [0.717, 1.165) is 5.69 Å². The van der Waals surface area contributed by atoms with Crippen LogP contribution >= 0.6 is 0 Å². The van der Waals surface area contributed by atoms with Crippen LogP contribution in [0.4, 0.5) is 5.69 Å². The van der Waals surface area contributed by atoms with Crippen molar-refractivity contribution < 1.29 is 4.79 Å². The van der Waals surface area contributed by atoms with Crippen LogP contribution in [0.2, 0.25) is 0 Å². The summed E-state index contributed by atoms with van der Waals surface area (Å²) in [5.41, 5.74) is 1.93. The van der Waals surface area contributed by atoms with Gasteiger partial charge in [-0.15, -0.1) is 0 Å². The number of rotatable bonds is 4. The van der Waals surface area contributed by atoms with Crippen molar-refractivity contribution in [2.24, 2.45) is 0 Å². The van der Waals surface area contributed by atoms with Gasteiger partial charge >= 0.3 is 0 Å². The number of amides is 1. The Kier molecular flexibility index (Phi) is 3.80. The van der Waals surface area contributed by atoms with Crippen LogP contribution in [-0.2, 0) is 0 Å². The minimum atomic E-state index is -0.226. The molecule has 0 aliphatic carbocycles. The highest BCUT2D eigenvalue weighted by atomic mass is 16.1. The van der Waals surface area contributed by atoms with Crippen LogP contribution in [0.1, 0.15) is 10.4 Å². The molecule has 3 aromatic heterocycles. The Balaban J connectivity index is 1.63. The second kappa shape index (κ2) is 6.40. The van der Waals surface area contributed by atoms with Crippen LogP contribution in [0, 0.1) is 0 Å². The Morgan fingerprint density at radius 3 is 2.44 bits per heavy atom. The molecule has 0 saturated heterocycles. The van der Waals surface area contributed by atoms with Crippen molar-refractivity contribution in [3.63, 3.8) is 0 Å². The fourth-order valence-corrected chi connectivity index (χ4v) is 2.48. The summed E-state index contributed by atoms with van der Waals surface area (Å²) in [4.78, 5) is 17.0. The van der Waals surface area contributed by atoms with Gasteiger partial charge in [-0.25, -0.2) is 14.3 Å². The third-order valence-electron chi connectivity index (χ3n) is 3.63. The Hall–Kier alpha value is -3.74. The summed E-state index contributed by atoms with van der Waals surface area (Å²) in [7, 11) is 0. The molecule has 1 aromatic carbocycles. The van der Waals surface area contributed by atoms with E-state index in [0.29, 0.717) is 17.1 Å². The zero-order valence-electron chi connectivity index (χ0n) is 13.1. The van der Waals surface area contributed by atoms with E-state index in [1.54, 1.807) is 64.5 Å². The molecule has 0 aliphatic heterocycles. The molecule has 1 N–H and O–H groups in total. The van der Waals surface area contributed by atoms with Gasteiger partial charge in [-0.3, -0.25) is 4.79 Å². The molecule has 0 radical (unpaired) electrons. The highest BCUT2D eigenvalue weighted by Gasteiger charge is 2.12. The van der Waals surface area contributed by atoms with E-state index in [-0.39, 0.29) is 5.91 Å². The van der Waals surface area contributed by atoms with Crippen molar-refractivity contribution >= 4 is 11.6 Å². The van der Waals surface area contributed by atoms with E-state index in [2.05, 4.69) is 20.5 Å². The number of benzene rings is 1. The summed E-state index contributed by atoms with van der Waals surface area (Å²) in [5, 5.41) is 11.2. The van der Waals surface area contributed by atoms with Crippen LogP contribution in [-0.4, -0.2) is 30.5 Å². The minimum absolute atomic E-state index is 0.226. The number of nitrogens with zero attached hydrogens (tertiary/aromatic N) is 5. The molecule has 0 bridgehead atoms. The fourth-order valence-electron chi connectivity index (χ4n) is 2.48. The first-order valence-electron chi connectivity index (χ1n) is 7.68. The largest absolute Gasteiger partial charge is 0.319 e. The van der Waals surface area contributed by atoms with Gasteiger partial charge in [-0.05, 0) is 42.5 Å². The van der Waals surface area contributed by atoms with Crippen LogP contribution in [0.5, 0.6) is 0 Å². The lowest BCUT2D eigenvalue weighted by Gasteiger charge is -2.10. The number of nitrogens with one attached hydrogen (secondary N) is 1. The molecule has 0 aliphatic rings. The third-order valence-corrected chi connectivity index (χ3v) is 3.63. The number of carbonyl (C=O) groups excluding carboxylic acids is 1. The lowest BCUT2D eigenvalue weighted by molar-refractivity contribution is 0.102. The van der Waals surface area contributed by atoms with Crippen molar-refractivity contribution in [3.8, 4) is 11.5 Å². The smallest absolute Gasteiger partial charge is 0.255 e. The molecule has 7 nitrogen and oxygen atoms in total. The summed E-state index contributed by atoms with van der Waals surface area (Å²) in [6.07, 6.45) is 8.61. The Morgan fingerprint density at radius 2 is 1.68 bits per heavy atom. The molecule has 1 amide bonds. The van der Waals surface area contributed by atoms with Crippen LogP contribution in [0.15, 0.2) is 79.5 Å². The maximum atomic E-state index is 12.7. The van der Waals surface area contributed by atoms with Gasteiger partial charge in [0.25, 0.3) is 5.91 Å². The normalized spacial score (nSPS) is 10.6. The molecule has 4 aromatic rings. The summed E-state index contributed by atoms with van der Waals surface area (Å²) in [6, 6.07) is 14.4.